The zero-order valence-electron chi connectivity index (χ0n) is 19.7. The van der Waals surface area contributed by atoms with Gasteiger partial charge < -0.3 is 25.0 Å². The number of nitrogens with zero attached hydrogens (tertiary/aromatic N) is 4. The SMILES string of the molecule is CC(C)CN1CCOc2c(F)cc(-c3nc(Nc4ccc(C5CNCCO5)cn4)ncc3F)cc21. The maximum atomic E-state index is 14.9. The van der Waals surface area contributed by atoms with Crippen LogP contribution in [0.5, 0.6) is 5.75 Å². The molecule has 2 aromatic heterocycles. The van der Waals surface area contributed by atoms with Crippen LogP contribution in [0.15, 0.2) is 36.7 Å². The summed E-state index contributed by atoms with van der Waals surface area (Å²) in [6, 6.07) is 6.68. The molecule has 2 aliphatic heterocycles. The highest BCUT2D eigenvalue weighted by Crippen LogP contribution is 2.39. The average Bonchev–Trinajstić information content (AvgIpc) is 2.86. The Bertz CT molecular complexity index is 1190. The molecule has 4 heterocycles. The van der Waals surface area contributed by atoms with Crippen molar-refractivity contribution in [3.8, 4) is 17.0 Å². The first-order chi connectivity index (χ1) is 17.0. The van der Waals surface area contributed by atoms with Crippen molar-refractivity contribution in [1.29, 1.82) is 0 Å². The number of benzene rings is 1. The van der Waals surface area contributed by atoms with Gasteiger partial charge in [-0.3, -0.25) is 0 Å². The molecule has 1 fully saturated rings. The molecule has 10 heteroatoms. The summed E-state index contributed by atoms with van der Waals surface area (Å²) in [7, 11) is 0. The van der Waals surface area contributed by atoms with Gasteiger partial charge in [-0.25, -0.2) is 23.7 Å². The van der Waals surface area contributed by atoms with Crippen molar-refractivity contribution in [2.45, 2.75) is 20.0 Å². The first-order valence-electron chi connectivity index (χ1n) is 11.8. The van der Waals surface area contributed by atoms with Crippen LogP contribution in [0.2, 0.25) is 0 Å². The molecule has 5 rings (SSSR count). The number of halogens is 2. The van der Waals surface area contributed by atoms with Crippen LogP contribution in [0.4, 0.5) is 26.2 Å². The summed E-state index contributed by atoms with van der Waals surface area (Å²) in [5, 5.41) is 6.29. The number of morpholine rings is 1. The molecule has 0 aliphatic carbocycles. The van der Waals surface area contributed by atoms with E-state index in [1.165, 1.54) is 6.07 Å². The van der Waals surface area contributed by atoms with E-state index in [1.807, 2.05) is 6.07 Å². The molecule has 0 radical (unpaired) electrons. The molecular weight excluding hydrogens is 454 g/mol. The summed E-state index contributed by atoms with van der Waals surface area (Å²) in [5.41, 5.74) is 1.87. The molecule has 0 saturated carbocycles. The second kappa shape index (κ2) is 10.1. The van der Waals surface area contributed by atoms with Gasteiger partial charge >= 0.3 is 0 Å². The molecule has 2 aliphatic rings. The van der Waals surface area contributed by atoms with Crippen LogP contribution >= 0.6 is 0 Å². The van der Waals surface area contributed by atoms with Gasteiger partial charge in [-0.1, -0.05) is 19.9 Å². The summed E-state index contributed by atoms with van der Waals surface area (Å²) >= 11 is 0. The van der Waals surface area contributed by atoms with Crippen molar-refractivity contribution < 1.29 is 18.3 Å². The second-order valence-electron chi connectivity index (χ2n) is 9.05. The van der Waals surface area contributed by atoms with Gasteiger partial charge in [0.1, 0.15) is 18.1 Å². The van der Waals surface area contributed by atoms with Gasteiger partial charge in [0, 0.05) is 37.0 Å². The third kappa shape index (κ3) is 5.18. The minimum absolute atomic E-state index is 0.00225. The van der Waals surface area contributed by atoms with Crippen LogP contribution in [0.1, 0.15) is 25.5 Å². The standard InChI is InChI=1S/C25H28F2N6O2/c1-15(2)14-33-6-8-35-24-18(26)9-17(10-20(24)33)23-19(27)12-30-25(32-23)31-22-4-3-16(11-29-22)21-13-28-5-7-34-21/h3-4,9-12,15,21,28H,5-8,13-14H2,1-2H3,(H,29,30,31,32). The van der Waals surface area contributed by atoms with Crippen LogP contribution in [0.3, 0.4) is 0 Å². The topological polar surface area (TPSA) is 84.4 Å². The molecule has 35 heavy (non-hydrogen) atoms. The molecule has 8 nitrogen and oxygen atoms in total. The Morgan fingerprint density at radius 3 is 2.77 bits per heavy atom. The fourth-order valence-corrected chi connectivity index (χ4v) is 4.30. The Morgan fingerprint density at radius 1 is 1.14 bits per heavy atom. The lowest BCUT2D eigenvalue weighted by atomic mass is 10.1. The van der Waals surface area contributed by atoms with Gasteiger partial charge in [0.25, 0.3) is 0 Å². The van der Waals surface area contributed by atoms with Crippen LogP contribution in [-0.4, -0.2) is 54.3 Å². The number of pyridine rings is 1. The molecule has 184 valence electrons. The van der Waals surface area contributed by atoms with E-state index in [-0.39, 0.29) is 23.5 Å². The Labute approximate surface area is 202 Å². The van der Waals surface area contributed by atoms with Gasteiger partial charge in [-0.2, -0.15) is 0 Å². The zero-order valence-corrected chi connectivity index (χ0v) is 19.7. The van der Waals surface area contributed by atoms with Gasteiger partial charge in [-0.15, -0.1) is 0 Å². The Balaban J connectivity index is 1.40. The van der Waals surface area contributed by atoms with E-state index in [0.717, 1.165) is 31.4 Å². The van der Waals surface area contributed by atoms with Crippen molar-refractivity contribution in [3.05, 3.63) is 53.9 Å². The van der Waals surface area contributed by atoms with Crippen molar-refractivity contribution in [3.63, 3.8) is 0 Å². The number of nitrogens with one attached hydrogen (secondary N) is 2. The normalized spacial score (nSPS) is 17.7. The van der Waals surface area contributed by atoms with Crippen LogP contribution in [-0.2, 0) is 4.74 Å². The number of anilines is 3. The fourth-order valence-electron chi connectivity index (χ4n) is 4.30. The van der Waals surface area contributed by atoms with Crippen molar-refractivity contribution in [2.24, 2.45) is 5.92 Å². The third-order valence-corrected chi connectivity index (χ3v) is 5.90. The molecule has 1 atom stereocenters. The summed E-state index contributed by atoms with van der Waals surface area (Å²) < 4.78 is 41.0. The predicted octanol–water partition coefficient (Wildman–Crippen LogP) is 4.08. The van der Waals surface area contributed by atoms with Crippen LogP contribution in [0, 0.1) is 17.6 Å². The summed E-state index contributed by atoms with van der Waals surface area (Å²) in [5.74, 6) is 0.0327. The fraction of sp³-hybridized carbons (Fsp3) is 0.400. The lowest BCUT2D eigenvalue weighted by molar-refractivity contribution is 0.0275. The molecule has 0 amide bonds. The van der Waals surface area contributed by atoms with Crippen LogP contribution in [0.25, 0.3) is 11.3 Å². The van der Waals surface area contributed by atoms with E-state index in [1.54, 1.807) is 18.3 Å². The smallest absolute Gasteiger partial charge is 0.229 e. The number of hydrogen-bond acceptors (Lipinski definition) is 8. The van der Waals surface area contributed by atoms with Gasteiger partial charge in [-0.05, 0) is 24.1 Å². The lowest BCUT2D eigenvalue weighted by Gasteiger charge is -2.33. The van der Waals surface area contributed by atoms with E-state index in [9.17, 15) is 8.78 Å². The molecule has 1 unspecified atom stereocenters. The van der Waals surface area contributed by atoms with Crippen LogP contribution < -0.4 is 20.3 Å². The summed E-state index contributed by atoms with van der Waals surface area (Å²) in [6.45, 7) is 8.19. The van der Waals surface area contributed by atoms with Gasteiger partial charge in [0.15, 0.2) is 17.4 Å². The first-order valence-corrected chi connectivity index (χ1v) is 11.8. The quantitative estimate of drug-likeness (QED) is 0.544. The Kier molecular flexibility index (Phi) is 6.74. The molecule has 3 aromatic rings. The summed E-state index contributed by atoms with van der Waals surface area (Å²) in [4.78, 5) is 14.8. The van der Waals surface area contributed by atoms with E-state index in [4.69, 9.17) is 9.47 Å². The molecule has 0 bridgehead atoms. The Morgan fingerprint density at radius 2 is 2.03 bits per heavy atom. The maximum absolute atomic E-state index is 14.9. The number of aromatic nitrogens is 3. The monoisotopic (exact) mass is 482 g/mol. The largest absolute Gasteiger partial charge is 0.486 e. The van der Waals surface area contributed by atoms with Crippen molar-refractivity contribution in [2.75, 3.05) is 49.6 Å². The minimum Gasteiger partial charge on any atom is -0.486 e. The molecule has 0 spiro atoms. The van der Waals surface area contributed by atoms with Gasteiger partial charge in [0.2, 0.25) is 5.95 Å². The van der Waals surface area contributed by atoms with Gasteiger partial charge in [0.05, 0.1) is 31.1 Å². The molecular formula is C25H28F2N6O2. The zero-order chi connectivity index (χ0) is 24.4. The molecule has 2 N–H and O–H groups in total. The first kappa shape index (κ1) is 23.4. The number of rotatable bonds is 6. The third-order valence-electron chi connectivity index (χ3n) is 5.90. The lowest BCUT2D eigenvalue weighted by Crippen LogP contribution is -2.35. The molecule has 1 aromatic carbocycles. The number of ether oxygens (including phenoxy) is 2. The predicted molar refractivity (Wildman–Crippen MR) is 129 cm³/mol. The van der Waals surface area contributed by atoms with E-state index in [0.29, 0.717) is 42.7 Å². The number of fused-ring (bicyclic) bond motifs is 1. The average molecular weight is 483 g/mol. The van der Waals surface area contributed by atoms with Crippen molar-refractivity contribution >= 4 is 17.5 Å². The number of hydrogen-bond donors (Lipinski definition) is 2. The summed E-state index contributed by atoms with van der Waals surface area (Å²) in [6.07, 6.45) is 2.75. The highest BCUT2D eigenvalue weighted by molar-refractivity contribution is 5.72. The van der Waals surface area contributed by atoms with E-state index < -0.39 is 11.6 Å². The Hall–Kier alpha value is -3.37. The van der Waals surface area contributed by atoms with E-state index >= 15 is 0 Å². The minimum atomic E-state index is -0.646. The van der Waals surface area contributed by atoms with E-state index in [2.05, 4.69) is 44.3 Å². The second-order valence-corrected chi connectivity index (χ2v) is 9.05. The molecule has 1 saturated heterocycles. The van der Waals surface area contributed by atoms with Crippen molar-refractivity contribution in [1.82, 2.24) is 20.3 Å². The highest BCUT2D eigenvalue weighted by atomic mass is 19.1. The highest BCUT2D eigenvalue weighted by Gasteiger charge is 2.25. The maximum Gasteiger partial charge on any atom is 0.229 e.